The standard InChI is InChI=1S/C24H26ClFN2O3/c1-2-31-19-6-3-16(4-7-19)13-17-9-11-27(12-10-17)22-15-23(29)28(24(22)30)18-5-8-21(26)20(25)14-18/h3-8,14,17,22H,2,9-13,15H2,1H3/t22-/m1/s1. The summed E-state index contributed by atoms with van der Waals surface area (Å²) in [7, 11) is 0. The Hall–Kier alpha value is -2.44. The van der Waals surface area contributed by atoms with E-state index in [1.165, 1.54) is 23.8 Å². The van der Waals surface area contributed by atoms with Gasteiger partial charge in [0.25, 0.3) is 5.91 Å². The summed E-state index contributed by atoms with van der Waals surface area (Å²) in [5.74, 6) is 0.341. The zero-order valence-electron chi connectivity index (χ0n) is 17.5. The lowest BCUT2D eigenvalue weighted by molar-refractivity contribution is -0.123. The molecule has 0 bridgehead atoms. The van der Waals surface area contributed by atoms with Crippen molar-refractivity contribution in [3.8, 4) is 5.75 Å². The number of likely N-dealkylation sites (tertiary alicyclic amines) is 1. The molecule has 0 saturated carbocycles. The van der Waals surface area contributed by atoms with Gasteiger partial charge in [0.2, 0.25) is 5.91 Å². The Labute approximate surface area is 186 Å². The number of amides is 2. The molecule has 164 valence electrons. The molecule has 2 saturated heterocycles. The van der Waals surface area contributed by atoms with E-state index in [0.717, 1.165) is 43.0 Å². The first-order valence-corrected chi connectivity index (χ1v) is 11.1. The molecule has 5 nitrogen and oxygen atoms in total. The third-order valence-electron chi connectivity index (χ3n) is 6.13. The third kappa shape index (κ3) is 4.75. The SMILES string of the molecule is CCOc1ccc(CC2CCN([C@@H]3CC(=O)N(c4ccc(F)c(Cl)c4)C3=O)CC2)cc1. The number of nitrogens with zero attached hydrogens (tertiary/aromatic N) is 2. The van der Waals surface area contributed by atoms with Crippen molar-refractivity contribution < 1.29 is 18.7 Å². The summed E-state index contributed by atoms with van der Waals surface area (Å²) < 4.78 is 19.0. The van der Waals surface area contributed by atoms with Gasteiger partial charge in [0.05, 0.1) is 29.8 Å². The van der Waals surface area contributed by atoms with Crippen molar-refractivity contribution in [2.75, 3.05) is 24.6 Å². The molecule has 4 rings (SSSR count). The van der Waals surface area contributed by atoms with Gasteiger partial charge < -0.3 is 4.74 Å². The highest BCUT2D eigenvalue weighted by Gasteiger charge is 2.43. The van der Waals surface area contributed by atoms with Gasteiger partial charge >= 0.3 is 0 Å². The minimum absolute atomic E-state index is 0.100. The van der Waals surface area contributed by atoms with E-state index in [2.05, 4.69) is 17.0 Å². The van der Waals surface area contributed by atoms with Crippen LogP contribution < -0.4 is 9.64 Å². The van der Waals surface area contributed by atoms with Crippen molar-refractivity contribution in [2.24, 2.45) is 5.92 Å². The van der Waals surface area contributed by atoms with Crippen LogP contribution in [0.1, 0.15) is 31.7 Å². The van der Waals surface area contributed by atoms with Crippen molar-refractivity contribution in [3.05, 3.63) is 58.9 Å². The van der Waals surface area contributed by atoms with E-state index in [-0.39, 0.29) is 23.3 Å². The topological polar surface area (TPSA) is 49.9 Å². The predicted molar refractivity (Wildman–Crippen MR) is 118 cm³/mol. The van der Waals surface area contributed by atoms with Crippen LogP contribution in [-0.2, 0) is 16.0 Å². The molecule has 0 spiro atoms. The highest BCUT2D eigenvalue weighted by Crippen LogP contribution is 2.31. The Balaban J connectivity index is 1.35. The molecule has 2 aliphatic rings. The van der Waals surface area contributed by atoms with Gasteiger partial charge in [-0.15, -0.1) is 0 Å². The number of imide groups is 1. The van der Waals surface area contributed by atoms with E-state index in [4.69, 9.17) is 16.3 Å². The number of carbonyl (C=O) groups is 2. The van der Waals surface area contributed by atoms with Gasteiger partial charge in [-0.25, -0.2) is 9.29 Å². The molecule has 0 aromatic heterocycles. The molecule has 7 heteroatoms. The fraction of sp³-hybridized carbons (Fsp3) is 0.417. The summed E-state index contributed by atoms with van der Waals surface area (Å²) in [4.78, 5) is 28.8. The van der Waals surface area contributed by atoms with Crippen LogP contribution in [0.3, 0.4) is 0 Å². The second kappa shape index (κ2) is 9.37. The van der Waals surface area contributed by atoms with Crippen LogP contribution in [0.4, 0.5) is 10.1 Å². The van der Waals surface area contributed by atoms with Crippen molar-refractivity contribution in [3.63, 3.8) is 0 Å². The quantitative estimate of drug-likeness (QED) is 0.617. The number of anilines is 1. The molecule has 0 N–H and O–H groups in total. The molecule has 0 unspecified atom stereocenters. The first kappa shape index (κ1) is 21.8. The van der Waals surface area contributed by atoms with Crippen molar-refractivity contribution in [1.82, 2.24) is 4.90 Å². The maximum absolute atomic E-state index is 13.5. The van der Waals surface area contributed by atoms with E-state index < -0.39 is 11.9 Å². The molecule has 2 aliphatic heterocycles. The number of halogens is 2. The van der Waals surface area contributed by atoms with Crippen LogP contribution in [0.2, 0.25) is 5.02 Å². The zero-order chi connectivity index (χ0) is 22.0. The van der Waals surface area contributed by atoms with Gasteiger partial charge in [-0.3, -0.25) is 14.5 Å². The Morgan fingerprint density at radius 1 is 1.10 bits per heavy atom. The third-order valence-corrected chi connectivity index (χ3v) is 6.42. The van der Waals surface area contributed by atoms with Crippen LogP contribution in [0.5, 0.6) is 5.75 Å². The molecule has 2 heterocycles. The highest BCUT2D eigenvalue weighted by atomic mass is 35.5. The largest absolute Gasteiger partial charge is 0.494 e. The van der Waals surface area contributed by atoms with E-state index in [9.17, 15) is 14.0 Å². The Bertz CT molecular complexity index is 958. The lowest BCUT2D eigenvalue weighted by Gasteiger charge is -2.34. The minimum Gasteiger partial charge on any atom is -0.494 e. The van der Waals surface area contributed by atoms with Crippen molar-refractivity contribution in [1.29, 1.82) is 0 Å². The molecular weight excluding hydrogens is 419 g/mol. The maximum Gasteiger partial charge on any atom is 0.251 e. The van der Waals surface area contributed by atoms with Crippen LogP contribution in [0, 0.1) is 11.7 Å². The second-order valence-electron chi connectivity index (χ2n) is 8.15. The predicted octanol–water partition coefficient (Wildman–Crippen LogP) is 4.46. The normalized spacial score (nSPS) is 20.5. The summed E-state index contributed by atoms with van der Waals surface area (Å²) in [5, 5.41) is -0.100. The van der Waals surface area contributed by atoms with Crippen LogP contribution >= 0.6 is 11.6 Å². The molecule has 2 aromatic carbocycles. The number of rotatable bonds is 6. The Kier molecular flexibility index (Phi) is 6.58. The minimum atomic E-state index is -0.573. The molecular formula is C24H26ClFN2O3. The van der Waals surface area contributed by atoms with E-state index >= 15 is 0 Å². The van der Waals surface area contributed by atoms with Gasteiger partial charge in [-0.1, -0.05) is 23.7 Å². The average molecular weight is 445 g/mol. The number of piperidine rings is 1. The van der Waals surface area contributed by atoms with Crippen molar-refractivity contribution in [2.45, 2.75) is 38.6 Å². The van der Waals surface area contributed by atoms with Crippen LogP contribution in [0.25, 0.3) is 0 Å². The maximum atomic E-state index is 13.5. The van der Waals surface area contributed by atoms with Gasteiger partial charge in [0, 0.05) is 0 Å². The molecule has 2 amide bonds. The van der Waals surface area contributed by atoms with Crippen molar-refractivity contribution >= 4 is 29.1 Å². The fourth-order valence-electron chi connectivity index (χ4n) is 4.49. The average Bonchev–Trinajstić information content (AvgIpc) is 3.06. The van der Waals surface area contributed by atoms with E-state index in [1.54, 1.807) is 0 Å². The van der Waals surface area contributed by atoms with Gasteiger partial charge in [0.15, 0.2) is 0 Å². The number of ether oxygens (including phenoxy) is 1. The van der Waals surface area contributed by atoms with Gasteiger partial charge in [-0.2, -0.15) is 0 Å². The molecule has 0 aliphatic carbocycles. The van der Waals surface area contributed by atoms with Gasteiger partial charge in [-0.05, 0) is 81.1 Å². The summed E-state index contributed by atoms with van der Waals surface area (Å²) in [6.45, 7) is 4.19. The summed E-state index contributed by atoms with van der Waals surface area (Å²) in [6, 6.07) is 11.7. The Morgan fingerprint density at radius 3 is 2.45 bits per heavy atom. The van der Waals surface area contributed by atoms with Crippen LogP contribution in [-0.4, -0.2) is 42.5 Å². The number of hydrogen-bond donors (Lipinski definition) is 0. The zero-order valence-corrected chi connectivity index (χ0v) is 18.3. The summed E-state index contributed by atoms with van der Waals surface area (Å²) in [5.41, 5.74) is 1.61. The Morgan fingerprint density at radius 2 is 1.81 bits per heavy atom. The second-order valence-corrected chi connectivity index (χ2v) is 8.55. The fourth-order valence-corrected chi connectivity index (χ4v) is 4.66. The molecule has 2 fully saturated rings. The first-order valence-electron chi connectivity index (χ1n) is 10.7. The summed E-state index contributed by atoms with van der Waals surface area (Å²) >= 11 is 5.84. The smallest absolute Gasteiger partial charge is 0.251 e. The van der Waals surface area contributed by atoms with Gasteiger partial charge in [0.1, 0.15) is 11.6 Å². The first-order chi connectivity index (χ1) is 15.0. The molecule has 1 atom stereocenters. The summed E-state index contributed by atoms with van der Waals surface area (Å²) in [6.07, 6.45) is 3.11. The highest BCUT2D eigenvalue weighted by molar-refractivity contribution is 6.31. The molecule has 0 radical (unpaired) electrons. The van der Waals surface area contributed by atoms with E-state index in [0.29, 0.717) is 18.2 Å². The molecule has 2 aromatic rings. The number of benzene rings is 2. The lowest BCUT2D eigenvalue weighted by Crippen LogP contribution is -2.46. The van der Waals surface area contributed by atoms with Crippen LogP contribution in [0.15, 0.2) is 42.5 Å². The van der Waals surface area contributed by atoms with E-state index in [1.807, 2.05) is 19.1 Å². The molecule has 31 heavy (non-hydrogen) atoms. The lowest BCUT2D eigenvalue weighted by atomic mass is 9.89. The number of carbonyl (C=O) groups excluding carboxylic acids is 2. The number of hydrogen-bond acceptors (Lipinski definition) is 4. The monoisotopic (exact) mass is 444 g/mol.